The van der Waals surface area contributed by atoms with Crippen molar-refractivity contribution in [3.8, 4) is 5.75 Å². The average molecular weight is 337 g/mol. The average Bonchev–Trinajstić information content (AvgIpc) is 2.80. The lowest BCUT2D eigenvalue weighted by atomic mass is 10.1. The maximum atomic E-state index is 14.2. The molecule has 0 amide bonds. The number of nitrogens with zero attached hydrogens (tertiary/aromatic N) is 3. The molecule has 0 aliphatic carbocycles. The fraction of sp³-hybridized carbons (Fsp3) is 0.647. The van der Waals surface area contributed by atoms with Gasteiger partial charge in [0, 0.05) is 43.3 Å². The molecule has 2 bridgehead atoms. The molecule has 2 aliphatic rings. The van der Waals surface area contributed by atoms with Gasteiger partial charge in [-0.15, -0.1) is 0 Å². The Hall–Kier alpha value is -1.89. The Morgan fingerprint density at radius 2 is 2.00 bits per heavy atom. The van der Waals surface area contributed by atoms with E-state index in [1.807, 2.05) is 4.90 Å². The fourth-order valence-electron chi connectivity index (χ4n) is 4.27. The van der Waals surface area contributed by atoms with Crippen LogP contribution in [0.15, 0.2) is 12.1 Å². The van der Waals surface area contributed by atoms with Crippen molar-refractivity contribution in [3.63, 3.8) is 0 Å². The first-order chi connectivity index (χ1) is 11.4. The van der Waals surface area contributed by atoms with Crippen molar-refractivity contribution in [1.29, 1.82) is 0 Å². The van der Waals surface area contributed by atoms with Crippen LogP contribution >= 0.6 is 0 Å². The van der Waals surface area contributed by atoms with Crippen LogP contribution in [0.1, 0.15) is 33.1 Å². The highest BCUT2D eigenvalue weighted by Crippen LogP contribution is 2.39. The summed E-state index contributed by atoms with van der Waals surface area (Å²) < 4.78 is 19.4. The summed E-state index contributed by atoms with van der Waals surface area (Å²) in [6.07, 6.45) is 3.19. The molecule has 1 aromatic carbocycles. The molecule has 2 fully saturated rings. The van der Waals surface area contributed by atoms with Gasteiger partial charge in [0.05, 0.1) is 12.0 Å². The Balaban J connectivity index is 1.97. The van der Waals surface area contributed by atoms with Gasteiger partial charge in [-0.3, -0.25) is 15.0 Å². The lowest BCUT2D eigenvalue weighted by molar-refractivity contribution is -0.386. The topological polar surface area (TPSA) is 58.9 Å². The first kappa shape index (κ1) is 17.0. The van der Waals surface area contributed by atoms with Crippen LogP contribution in [0.4, 0.5) is 15.8 Å². The zero-order valence-corrected chi connectivity index (χ0v) is 14.4. The van der Waals surface area contributed by atoms with E-state index in [9.17, 15) is 14.5 Å². The Kier molecular flexibility index (Phi) is 4.62. The van der Waals surface area contributed by atoms with E-state index in [-0.39, 0.29) is 0 Å². The molecule has 0 saturated carbocycles. The number of ether oxygens (including phenoxy) is 1. The number of fused-ring (bicyclic) bond motifs is 2. The minimum atomic E-state index is -0.843. The van der Waals surface area contributed by atoms with Crippen molar-refractivity contribution in [2.24, 2.45) is 0 Å². The van der Waals surface area contributed by atoms with Crippen LogP contribution in [0, 0.1) is 15.9 Å². The Morgan fingerprint density at radius 3 is 2.62 bits per heavy atom. The standard InChI is InChI=1S/C17H24FN3O3/c1-11(2)20-12-4-5-13(20)10-19(7-6-12)16-9-14(24-3)8-15(18)17(16)21(22)23/h8-9,11-13H,4-7,10H2,1-3H3. The lowest BCUT2D eigenvalue weighted by Gasteiger charge is -2.32. The molecule has 3 rings (SSSR count). The fourth-order valence-corrected chi connectivity index (χ4v) is 4.27. The second kappa shape index (κ2) is 6.55. The van der Waals surface area contributed by atoms with Crippen LogP contribution in [-0.4, -0.2) is 48.1 Å². The normalized spacial score (nSPS) is 24.3. The lowest BCUT2D eigenvalue weighted by Crippen LogP contribution is -2.43. The van der Waals surface area contributed by atoms with Gasteiger partial charge in [-0.05, 0) is 33.1 Å². The summed E-state index contributed by atoms with van der Waals surface area (Å²) in [5, 5.41) is 11.4. The summed E-state index contributed by atoms with van der Waals surface area (Å²) in [6, 6.07) is 3.96. The van der Waals surface area contributed by atoms with E-state index in [2.05, 4.69) is 18.7 Å². The van der Waals surface area contributed by atoms with E-state index in [1.165, 1.54) is 13.5 Å². The third kappa shape index (κ3) is 2.92. The predicted octanol–water partition coefficient (Wildman–Crippen LogP) is 3.19. The molecule has 2 heterocycles. The van der Waals surface area contributed by atoms with E-state index in [0.717, 1.165) is 18.9 Å². The highest BCUT2D eigenvalue weighted by atomic mass is 19.1. The zero-order chi connectivity index (χ0) is 17.4. The number of anilines is 1. The molecular formula is C17H24FN3O3. The van der Waals surface area contributed by atoms with Crippen LogP contribution in [0.5, 0.6) is 5.75 Å². The molecule has 132 valence electrons. The van der Waals surface area contributed by atoms with E-state index in [4.69, 9.17) is 4.74 Å². The van der Waals surface area contributed by atoms with Crippen molar-refractivity contribution in [1.82, 2.24) is 4.90 Å². The SMILES string of the molecule is COc1cc(F)c([N+](=O)[O-])c(N2CCC3CCC(C2)N3C(C)C)c1. The van der Waals surface area contributed by atoms with E-state index < -0.39 is 16.4 Å². The van der Waals surface area contributed by atoms with Gasteiger partial charge in [0.1, 0.15) is 11.4 Å². The molecule has 1 aromatic rings. The van der Waals surface area contributed by atoms with Gasteiger partial charge < -0.3 is 9.64 Å². The number of nitro groups is 1. The van der Waals surface area contributed by atoms with Gasteiger partial charge >= 0.3 is 5.69 Å². The second-order valence-electron chi connectivity index (χ2n) is 6.89. The Labute approximate surface area is 141 Å². The van der Waals surface area contributed by atoms with Gasteiger partial charge in [-0.1, -0.05) is 0 Å². The molecule has 2 atom stereocenters. The van der Waals surface area contributed by atoms with Gasteiger partial charge in [0.2, 0.25) is 5.82 Å². The molecule has 0 radical (unpaired) electrons. The summed E-state index contributed by atoms with van der Waals surface area (Å²) in [5.41, 5.74) is -0.127. The zero-order valence-electron chi connectivity index (χ0n) is 14.4. The Bertz CT molecular complexity index is 638. The third-order valence-corrected chi connectivity index (χ3v) is 5.21. The first-order valence-electron chi connectivity index (χ1n) is 8.46. The van der Waals surface area contributed by atoms with Crippen LogP contribution in [0.2, 0.25) is 0 Å². The number of hydrogen-bond acceptors (Lipinski definition) is 5. The number of halogens is 1. The number of hydrogen-bond donors (Lipinski definition) is 0. The summed E-state index contributed by atoms with van der Waals surface area (Å²) in [4.78, 5) is 15.2. The number of benzene rings is 1. The van der Waals surface area contributed by atoms with Crippen molar-refractivity contribution in [2.75, 3.05) is 25.1 Å². The van der Waals surface area contributed by atoms with Gasteiger partial charge in [0.25, 0.3) is 0 Å². The summed E-state index contributed by atoms with van der Waals surface area (Å²) in [6.45, 7) is 5.75. The second-order valence-corrected chi connectivity index (χ2v) is 6.89. The molecule has 2 aliphatic heterocycles. The van der Waals surface area contributed by atoms with Crippen LogP contribution in [-0.2, 0) is 0 Å². The number of methoxy groups -OCH3 is 1. The van der Waals surface area contributed by atoms with Gasteiger partial charge in [-0.25, -0.2) is 0 Å². The smallest absolute Gasteiger partial charge is 0.328 e. The minimum absolute atomic E-state index is 0.309. The molecule has 0 N–H and O–H groups in total. The minimum Gasteiger partial charge on any atom is -0.497 e. The highest BCUT2D eigenvalue weighted by molar-refractivity contribution is 5.67. The van der Waals surface area contributed by atoms with Gasteiger partial charge in [0.15, 0.2) is 0 Å². The van der Waals surface area contributed by atoms with Crippen molar-refractivity contribution >= 4 is 11.4 Å². The van der Waals surface area contributed by atoms with Crippen molar-refractivity contribution in [3.05, 3.63) is 28.1 Å². The monoisotopic (exact) mass is 337 g/mol. The van der Waals surface area contributed by atoms with Crippen LogP contribution < -0.4 is 9.64 Å². The quantitative estimate of drug-likeness (QED) is 0.624. The van der Waals surface area contributed by atoms with E-state index in [0.29, 0.717) is 42.7 Å². The number of rotatable bonds is 4. The molecular weight excluding hydrogens is 313 g/mol. The molecule has 2 unspecified atom stereocenters. The predicted molar refractivity (Wildman–Crippen MR) is 90.2 cm³/mol. The molecule has 2 saturated heterocycles. The maximum Gasteiger partial charge on any atom is 0.328 e. The summed E-state index contributed by atoms with van der Waals surface area (Å²) >= 11 is 0. The molecule has 0 aromatic heterocycles. The molecule has 24 heavy (non-hydrogen) atoms. The number of nitro benzene ring substituents is 1. The molecule has 0 spiro atoms. The largest absolute Gasteiger partial charge is 0.497 e. The van der Waals surface area contributed by atoms with Crippen LogP contribution in [0.3, 0.4) is 0 Å². The van der Waals surface area contributed by atoms with Crippen molar-refractivity contribution < 1.29 is 14.1 Å². The van der Waals surface area contributed by atoms with Crippen LogP contribution in [0.25, 0.3) is 0 Å². The van der Waals surface area contributed by atoms with Gasteiger partial charge in [-0.2, -0.15) is 4.39 Å². The first-order valence-corrected chi connectivity index (χ1v) is 8.46. The molecule has 7 heteroatoms. The third-order valence-electron chi connectivity index (χ3n) is 5.21. The summed E-state index contributed by atoms with van der Waals surface area (Å²) in [7, 11) is 1.44. The highest BCUT2D eigenvalue weighted by Gasteiger charge is 2.40. The Morgan fingerprint density at radius 1 is 1.29 bits per heavy atom. The molecule has 6 nitrogen and oxygen atoms in total. The van der Waals surface area contributed by atoms with E-state index >= 15 is 0 Å². The summed E-state index contributed by atoms with van der Waals surface area (Å²) in [5.74, 6) is -0.535. The van der Waals surface area contributed by atoms with Crippen molar-refractivity contribution in [2.45, 2.75) is 51.2 Å². The van der Waals surface area contributed by atoms with E-state index in [1.54, 1.807) is 6.07 Å². The maximum absolute atomic E-state index is 14.2.